The maximum absolute atomic E-state index is 15.8. The van der Waals surface area contributed by atoms with Crippen molar-refractivity contribution >= 4 is 28.2 Å². The molecular formula is C28H30F5N7O. The van der Waals surface area contributed by atoms with Crippen molar-refractivity contribution in [3.63, 3.8) is 0 Å². The molecular weight excluding hydrogens is 545 g/mol. The molecule has 41 heavy (non-hydrogen) atoms. The van der Waals surface area contributed by atoms with Gasteiger partial charge in [0.1, 0.15) is 17.2 Å². The number of aromatic nitrogens is 3. The summed E-state index contributed by atoms with van der Waals surface area (Å²) in [5, 5.41) is 6.67. The fourth-order valence-corrected chi connectivity index (χ4v) is 5.61. The van der Waals surface area contributed by atoms with E-state index in [9.17, 15) is 18.0 Å². The van der Waals surface area contributed by atoms with Gasteiger partial charge in [0.2, 0.25) is 0 Å². The molecule has 2 aliphatic rings. The molecule has 1 fully saturated rings. The Bertz CT molecular complexity index is 1640. The number of rotatable bonds is 4. The van der Waals surface area contributed by atoms with Crippen LogP contribution in [0.5, 0.6) is 0 Å². The molecule has 4 N–H and O–H groups in total. The second-order valence-electron chi connectivity index (χ2n) is 11.0. The summed E-state index contributed by atoms with van der Waals surface area (Å²) >= 11 is 0. The van der Waals surface area contributed by atoms with E-state index in [2.05, 4.69) is 20.6 Å². The first-order valence-electron chi connectivity index (χ1n) is 13.2. The van der Waals surface area contributed by atoms with Crippen LogP contribution >= 0.6 is 0 Å². The van der Waals surface area contributed by atoms with E-state index in [0.717, 1.165) is 6.07 Å². The number of allylic oxidation sites excluding steroid dienone is 2. The zero-order chi connectivity index (χ0) is 29.9. The van der Waals surface area contributed by atoms with Gasteiger partial charge in [-0.15, -0.1) is 0 Å². The number of pyridine rings is 1. The van der Waals surface area contributed by atoms with E-state index in [1.807, 2.05) is 32.6 Å². The highest BCUT2D eigenvalue weighted by atomic mass is 19.2. The summed E-state index contributed by atoms with van der Waals surface area (Å²) in [5.41, 5.74) is 1.98. The van der Waals surface area contributed by atoms with Gasteiger partial charge in [0, 0.05) is 25.2 Å². The quantitative estimate of drug-likeness (QED) is 0.185. The van der Waals surface area contributed by atoms with Gasteiger partial charge >= 0.3 is 5.69 Å². The van der Waals surface area contributed by atoms with Gasteiger partial charge in [-0.1, -0.05) is 13.8 Å². The lowest BCUT2D eigenvalue weighted by Gasteiger charge is -2.37. The van der Waals surface area contributed by atoms with Gasteiger partial charge in [-0.3, -0.25) is 0 Å². The van der Waals surface area contributed by atoms with Crippen molar-refractivity contribution in [2.45, 2.75) is 52.7 Å². The molecule has 1 saturated heterocycles. The number of fused-ring (bicyclic) bond motifs is 1. The Kier molecular flexibility index (Phi) is 7.26. The number of halogens is 5. The Morgan fingerprint density at radius 3 is 2.29 bits per heavy atom. The number of nitrogens with one attached hydrogen (secondary N) is 2. The predicted molar refractivity (Wildman–Crippen MR) is 148 cm³/mol. The van der Waals surface area contributed by atoms with Crippen LogP contribution in [0, 0.1) is 35.0 Å². The van der Waals surface area contributed by atoms with Crippen LogP contribution in [0.25, 0.3) is 28.0 Å². The second kappa shape index (κ2) is 10.4. The number of hydrogen-bond donors (Lipinski definition) is 3. The Labute approximate surface area is 232 Å². The zero-order valence-corrected chi connectivity index (χ0v) is 23.1. The Morgan fingerprint density at radius 2 is 1.66 bits per heavy atom. The van der Waals surface area contributed by atoms with Crippen molar-refractivity contribution in [2.24, 2.45) is 5.92 Å². The molecule has 3 aromatic rings. The number of nitrogens with zero attached hydrogens (tertiary/aromatic N) is 4. The maximum Gasteiger partial charge on any atom is 0.355 e. The minimum absolute atomic E-state index is 0.00595. The van der Waals surface area contributed by atoms with E-state index in [1.54, 1.807) is 19.2 Å². The Balaban J connectivity index is 1.90. The largest absolute Gasteiger partial charge is 0.394 e. The normalized spacial score (nSPS) is 21.2. The van der Waals surface area contributed by atoms with Crippen LogP contribution in [0.3, 0.4) is 0 Å². The molecule has 2 aromatic heterocycles. The Morgan fingerprint density at radius 1 is 1.00 bits per heavy atom. The van der Waals surface area contributed by atoms with Crippen LogP contribution in [-0.2, 0) is 0 Å². The minimum Gasteiger partial charge on any atom is -0.394 e. The SMILES string of the molecule is CC1=C(n2c(=O)nc(N3C[C@@H](C)N[C@@H](C)C3)c3cc(F)c(-c4c(F)c(N)c(F)c(F)c4F)nc32)[C@@H](C(C)C)NC=C1. The summed E-state index contributed by atoms with van der Waals surface area (Å²) < 4.78 is 75.2. The second-order valence-corrected chi connectivity index (χ2v) is 11.0. The highest BCUT2D eigenvalue weighted by Gasteiger charge is 2.32. The van der Waals surface area contributed by atoms with Gasteiger partial charge in [0.05, 0.1) is 22.7 Å². The summed E-state index contributed by atoms with van der Waals surface area (Å²) in [6.07, 6.45) is 3.47. The molecule has 8 nitrogen and oxygen atoms in total. The van der Waals surface area contributed by atoms with Gasteiger partial charge in [-0.2, -0.15) is 4.98 Å². The lowest BCUT2D eigenvalue weighted by molar-refractivity contribution is 0.405. The first kappa shape index (κ1) is 28.5. The number of anilines is 2. The smallest absolute Gasteiger partial charge is 0.355 e. The van der Waals surface area contributed by atoms with Gasteiger partial charge in [0.25, 0.3) is 0 Å². The van der Waals surface area contributed by atoms with E-state index in [0.29, 0.717) is 24.4 Å². The lowest BCUT2D eigenvalue weighted by Crippen LogP contribution is -2.55. The van der Waals surface area contributed by atoms with Crippen molar-refractivity contribution in [2.75, 3.05) is 23.7 Å². The van der Waals surface area contributed by atoms with Crippen LogP contribution in [0.4, 0.5) is 33.5 Å². The summed E-state index contributed by atoms with van der Waals surface area (Å²) in [6.45, 7) is 10.4. The number of benzene rings is 1. The fraction of sp³-hybridized carbons (Fsp3) is 0.393. The molecule has 0 bridgehead atoms. The maximum atomic E-state index is 15.8. The molecule has 0 spiro atoms. The van der Waals surface area contributed by atoms with Crippen molar-refractivity contribution in [1.82, 2.24) is 25.2 Å². The average Bonchev–Trinajstić information content (AvgIpc) is 2.91. The number of hydrogen-bond acceptors (Lipinski definition) is 7. The first-order chi connectivity index (χ1) is 19.3. The predicted octanol–water partition coefficient (Wildman–Crippen LogP) is 4.30. The summed E-state index contributed by atoms with van der Waals surface area (Å²) in [7, 11) is 0. The molecule has 218 valence electrons. The summed E-state index contributed by atoms with van der Waals surface area (Å²) in [6, 6.07) is 0.559. The van der Waals surface area contributed by atoms with Gasteiger partial charge < -0.3 is 21.3 Å². The lowest BCUT2D eigenvalue weighted by atomic mass is 9.95. The third-order valence-electron chi connectivity index (χ3n) is 7.41. The monoisotopic (exact) mass is 575 g/mol. The zero-order valence-electron chi connectivity index (χ0n) is 23.1. The van der Waals surface area contributed by atoms with Crippen LogP contribution in [0.2, 0.25) is 0 Å². The van der Waals surface area contributed by atoms with Crippen molar-refractivity contribution in [1.29, 1.82) is 0 Å². The standard InChI is InChI=1S/C28H30F5N7O/c1-11(2)23-25(12(3)6-7-35-23)40-27-15(26(38-28(40)41)39-9-13(4)36-14(5)10-39)8-16(29)24(37-27)17-18(30)20(32)21(33)22(34)19(17)31/h6-8,11,13-14,23,35-36H,9-10,34H2,1-5H3/t13-,14+,23-/m1/s1. The molecule has 0 saturated carbocycles. The molecule has 3 atom stereocenters. The number of piperazine rings is 1. The molecule has 0 aliphatic carbocycles. The van der Waals surface area contributed by atoms with Crippen LogP contribution < -0.4 is 27.0 Å². The van der Waals surface area contributed by atoms with E-state index in [1.165, 1.54) is 4.57 Å². The summed E-state index contributed by atoms with van der Waals surface area (Å²) in [4.78, 5) is 24.2. The van der Waals surface area contributed by atoms with Gasteiger partial charge in [0.15, 0.2) is 34.7 Å². The third-order valence-corrected chi connectivity index (χ3v) is 7.41. The first-order valence-corrected chi connectivity index (χ1v) is 13.2. The molecule has 5 rings (SSSR count). The van der Waals surface area contributed by atoms with E-state index in [4.69, 9.17) is 5.73 Å². The van der Waals surface area contributed by atoms with E-state index in [-0.39, 0.29) is 34.9 Å². The van der Waals surface area contributed by atoms with E-state index < -0.39 is 57.8 Å². The van der Waals surface area contributed by atoms with Crippen molar-refractivity contribution in [3.8, 4) is 11.3 Å². The molecule has 0 amide bonds. The molecule has 1 aromatic carbocycles. The van der Waals surface area contributed by atoms with Crippen LogP contribution in [-0.4, -0.2) is 45.8 Å². The molecule has 13 heteroatoms. The number of nitrogens with two attached hydrogens (primary N) is 1. The average molecular weight is 576 g/mol. The highest BCUT2D eigenvalue weighted by Crippen LogP contribution is 2.37. The molecule has 0 radical (unpaired) electrons. The van der Waals surface area contributed by atoms with Gasteiger partial charge in [-0.05, 0) is 50.6 Å². The van der Waals surface area contributed by atoms with Gasteiger partial charge in [-0.25, -0.2) is 36.3 Å². The molecule has 2 aliphatic heterocycles. The number of nitrogen functional groups attached to an aromatic ring is 1. The minimum atomic E-state index is -2.07. The topological polar surface area (TPSA) is 101 Å². The fourth-order valence-electron chi connectivity index (χ4n) is 5.61. The Hall–Kier alpha value is -4.00. The van der Waals surface area contributed by atoms with Crippen molar-refractivity contribution < 1.29 is 22.0 Å². The van der Waals surface area contributed by atoms with Crippen molar-refractivity contribution in [3.05, 3.63) is 63.5 Å². The molecule has 0 unspecified atom stereocenters. The number of dihydropyridines is 1. The van der Waals surface area contributed by atoms with Crippen LogP contribution in [0.15, 0.2) is 28.7 Å². The highest BCUT2D eigenvalue weighted by molar-refractivity contribution is 5.91. The van der Waals surface area contributed by atoms with Crippen LogP contribution in [0.1, 0.15) is 34.6 Å². The van der Waals surface area contributed by atoms with E-state index >= 15 is 8.78 Å². The summed E-state index contributed by atoms with van der Waals surface area (Å²) in [5.74, 6) is -8.85. The third kappa shape index (κ3) is 4.71. The molecule has 4 heterocycles.